The summed E-state index contributed by atoms with van der Waals surface area (Å²) in [6.45, 7) is 1.12. The van der Waals surface area contributed by atoms with Crippen LogP contribution in [0.5, 0.6) is 0 Å². The largest absolute Gasteiger partial charge is 0.397 e. The predicted octanol–water partition coefficient (Wildman–Crippen LogP) is 2.02. The molecule has 0 amide bonds. The van der Waals surface area contributed by atoms with E-state index in [9.17, 15) is 0 Å². The fourth-order valence-corrected chi connectivity index (χ4v) is 2.26. The van der Waals surface area contributed by atoms with Gasteiger partial charge in [-0.2, -0.15) is 0 Å². The standard InChI is InChI=1S/C11H14N2/c12-9-3-1-2-8-6-11(4-5-11)7-13-10(8)9/h1-3,13H,4-7,12H2. The molecule has 1 heterocycles. The summed E-state index contributed by atoms with van der Waals surface area (Å²) in [4.78, 5) is 0. The highest BCUT2D eigenvalue weighted by Crippen LogP contribution is 2.52. The zero-order valence-electron chi connectivity index (χ0n) is 7.64. The van der Waals surface area contributed by atoms with Gasteiger partial charge in [0.25, 0.3) is 0 Å². The number of hydrogen-bond donors (Lipinski definition) is 2. The van der Waals surface area contributed by atoms with E-state index < -0.39 is 0 Å². The Hall–Kier alpha value is -1.18. The molecule has 0 aromatic heterocycles. The van der Waals surface area contributed by atoms with Crippen LogP contribution in [-0.4, -0.2) is 6.54 Å². The van der Waals surface area contributed by atoms with Crippen LogP contribution in [0.1, 0.15) is 18.4 Å². The highest BCUT2D eigenvalue weighted by atomic mass is 14.9. The van der Waals surface area contributed by atoms with Crippen LogP contribution in [0.15, 0.2) is 18.2 Å². The fourth-order valence-electron chi connectivity index (χ4n) is 2.26. The lowest BCUT2D eigenvalue weighted by atomic mass is 9.91. The lowest BCUT2D eigenvalue weighted by molar-refractivity contribution is 0.524. The number of nitrogens with one attached hydrogen (secondary N) is 1. The summed E-state index contributed by atoms with van der Waals surface area (Å²) in [6.07, 6.45) is 3.99. The van der Waals surface area contributed by atoms with Gasteiger partial charge in [-0.25, -0.2) is 0 Å². The molecule has 2 heteroatoms. The molecule has 0 atom stereocenters. The Morgan fingerprint density at radius 2 is 2.15 bits per heavy atom. The Kier molecular flexibility index (Phi) is 1.22. The lowest BCUT2D eigenvalue weighted by Crippen LogP contribution is -2.24. The van der Waals surface area contributed by atoms with Gasteiger partial charge in [0.1, 0.15) is 0 Å². The molecule has 1 aromatic rings. The third kappa shape index (κ3) is 1.01. The summed E-state index contributed by atoms with van der Waals surface area (Å²) in [5.74, 6) is 0. The van der Waals surface area contributed by atoms with Gasteiger partial charge >= 0.3 is 0 Å². The third-order valence-corrected chi connectivity index (χ3v) is 3.35. The molecule has 2 aliphatic rings. The number of benzene rings is 1. The number of nitrogen functional groups attached to an aromatic ring is 1. The monoisotopic (exact) mass is 174 g/mol. The maximum atomic E-state index is 5.89. The molecule has 3 rings (SSSR count). The van der Waals surface area contributed by atoms with Crippen molar-refractivity contribution in [3.05, 3.63) is 23.8 Å². The zero-order chi connectivity index (χ0) is 8.89. The SMILES string of the molecule is Nc1cccc2c1NCC1(CC1)C2. The average molecular weight is 174 g/mol. The zero-order valence-corrected chi connectivity index (χ0v) is 7.64. The first-order valence-corrected chi connectivity index (χ1v) is 4.90. The van der Waals surface area contributed by atoms with E-state index in [2.05, 4.69) is 17.4 Å². The molecule has 0 saturated heterocycles. The fraction of sp³-hybridized carbons (Fsp3) is 0.455. The number of anilines is 2. The van der Waals surface area contributed by atoms with Crippen LogP contribution in [0.25, 0.3) is 0 Å². The van der Waals surface area contributed by atoms with Crippen LogP contribution in [0, 0.1) is 5.41 Å². The second-order valence-corrected chi connectivity index (χ2v) is 4.41. The molecular formula is C11H14N2. The van der Waals surface area contributed by atoms with Gasteiger partial charge in [-0.3, -0.25) is 0 Å². The molecule has 0 unspecified atom stereocenters. The minimum Gasteiger partial charge on any atom is -0.397 e. The van der Waals surface area contributed by atoms with E-state index >= 15 is 0 Å². The van der Waals surface area contributed by atoms with Crippen molar-refractivity contribution in [1.29, 1.82) is 0 Å². The predicted molar refractivity (Wildman–Crippen MR) is 54.7 cm³/mol. The van der Waals surface area contributed by atoms with Crippen molar-refractivity contribution in [2.45, 2.75) is 19.3 Å². The van der Waals surface area contributed by atoms with E-state index in [0.717, 1.165) is 12.2 Å². The van der Waals surface area contributed by atoms with Crippen LogP contribution in [0.2, 0.25) is 0 Å². The van der Waals surface area contributed by atoms with Gasteiger partial charge in [-0.1, -0.05) is 12.1 Å². The number of hydrogen-bond acceptors (Lipinski definition) is 2. The molecule has 1 fully saturated rings. The molecule has 1 aliphatic carbocycles. The lowest BCUT2D eigenvalue weighted by Gasteiger charge is -2.26. The van der Waals surface area contributed by atoms with Crippen molar-refractivity contribution >= 4 is 11.4 Å². The van der Waals surface area contributed by atoms with E-state index in [4.69, 9.17) is 5.73 Å². The Labute approximate surface area is 78.1 Å². The Morgan fingerprint density at radius 3 is 2.92 bits per heavy atom. The highest BCUT2D eigenvalue weighted by molar-refractivity contribution is 5.71. The summed E-state index contributed by atoms with van der Waals surface area (Å²) in [5.41, 5.74) is 9.97. The Bertz CT molecular complexity index is 353. The molecular weight excluding hydrogens is 160 g/mol. The van der Waals surface area contributed by atoms with Gasteiger partial charge in [0, 0.05) is 6.54 Å². The van der Waals surface area contributed by atoms with E-state index in [1.165, 1.54) is 30.5 Å². The molecule has 1 aromatic carbocycles. The van der Waals surface area contributed by atoms with Gasteiger partial charge in [0.15, 0.2) is 0 Å². The number of fused-ring (bicyclic) bond motifs is 1. The van der Waals surface area contributed by atoms with Crippen LogP contribution >= 0.6 is 0 Å². The van der Waals surface area contributed by atoms with Crippen LogP contribution in [0.3, 0.4) is 0 Å². The Balaban J connectivity index is 2.05. The molecule has 2 nitrogen and oxygen atoms in total. The molecule has 13 heavy (non-hydrogen) atoms. The summed E-state index contributed by atoms with van der Waals surface area (Å²) in [7, 11) is 0. The first-order valence-electron chi connectivity index (χ1n) is 4.90. The van der Waals surface area contributed by atoms with Gasteiger partial charge < -0.3 is 11.1 Å². The number of rotatable bonds is 0. The van der Waals surface area contributed by atoms with E-state index in [1.807, 2.05) is 6.07 Å². The van der Waals surface area contributed by atoms with Crippen LogP contribution in [0.4, 0.5) is 11.4 Å². The second kappa shape index (κ2) is 2.19. The van der Waals surface area contributed by atoms with Gasteiger partial charge in [0.2, 0.25) is 0 Å². The van der Waals surface area contributed by atoms with Crippen molar-refractivity contribution in [2.24, 2.45) is 5.41 Å². The molecule has 1 aliphatic heterocycles. The normalized spacial score (nSPS) is 22.2. The maximum absolute atomic E-state index is 5.89. The summed E-state index contributed by atoms with van der Waals surface area (Å²) < 4.78 is 0. The number of para-hydroxylation sites is 1. The van der Waals surface area contributed by atoms with Gasteiger partial charge in [-0.05, 0) is 36.3 Å². The Morgan fingerprint density at radius 1 is 1.31 bits per heavy atom. The molecule has 1 saturated carbocycles. The topological polar surface area (TPSA) is 38.0 Å². The van der Waals surface area contributed by atoms with Crippen molar-refractivity contribution in [1.82, 2.24) is 0 Å². The smallest absolute Gasteiger partial charge is 0.0606 e. The molecule has 3 N–H and O–H groups in total. The van der Waals surface area contributed by atoms with E-state index in [0.29, 0.717) is 5.41 Å². The first-order chi connectivity index (χ1) is 6.29. The molecule has 68 valence electrons. The molecule has 1 spiro atoms. The average Bonchev–Trinajstić information content (AvgIpc) is 2.85. The van der Waals surface area contributed by atoms with E-state index in [1.54, 1.807) is 0 Å². The van der Waals surface area contributed by atoms with Crippen molar-refractivity contribution < 1.29 is 0 Å². The van der Waals surface area contributed by atoms with Gasteiger partial charge in [-0.15, -0.1) is 0 Å². The summed E-state index contributed by atoms with van der Waals surface area (Å²) in [5, 5.41) is 3.46. The van der Waals surface area contributed by atoms with E-state index in [-0.39, 0.29) is 0 Å². The van der Waals surface area contributed by atoms with Gasteiger partial charge in [0.05, 0.1) is 11.4 Å². The summed E-state index contributed by atoms with van der Waals surface area (Å²) >= 11 is 0. The first kappa shape index (κ1) is 7.25. The quantitative estimate of drug-likeness (QED) is 0.590. The van der Waals surface area contributed by atoms with Crippen LogP contribution in [-0.2, 0) is 6.42 Å². The van der Waals surface area contributed by atoms with Crippen LogP contribution < -0.4 is 11.1 Å². The third-order valence-electron chi connectivity index (χ3n) is 3.35. The minimum atomic E-state index is 0.598. The minimum absolute atomic E-state index is 0.598. The molecule has 0 bridgehead atoms. The maximum Gasteiger partial charge on any atom is 0.0606 e. The number of nitrogens with two attached hydrogens (primary N) is 1. The van der Waals surface area contributed by atoms with Crippen molar-refractivity contribution in [3.8, 4) is 0 Å². The highest BCUT2D eigenvalue weighted by Gasteiger charge is 2.44. The second-order valence-electron chi connectivity index (χ2n) is 4.41. The molecule has 0 radical (unpaired) electrons. The van der Waals surface area contributed by atoms with Crippen molar-refractivity contribution in [3.63, 3.8) is 0 Å². The summed E-state index contributed by atoms with van der Waals surface area (Å²) in [6, 6.07) is 6.21. The van der Waals surface area contributed by atoms with Crippen molar-refractivity contribution in [2.75, 3.05) is 17.6 Å².